The summed E-state index contributed by atoms with van der Waals surface area (Å²) >= 11 is 0. The van der Waals surface area contributed by atoms with E-state index < -0.39 is 18.8 Å². The molecular formula is C18H20F3N3O3. The van der Waals surface area contributed by atoms with E-state index >= 15 is 0 Å². The first kappa shape index (κ1) is 20.5. The molecule has 2 N–H and O–H groups in total. The Kier molecular flexibility index (Phi) is 7.42. The number of ether oxygens (including phenoxy) is 1. The number of nitrogens with one attached hydrogen (secondary N) is 1. The van der Waals surface area contributed by atoms with Crippen LogP contribution in [0.5, 0.6) is 5.88 Å². The molecule has 2 rings (SSSR count). The summed E-state index contributed by atoms with van der Waals surface area (Å²) in [5.41, 5.74) is 1.20. The Bertz CT molecular complexity index is 727. The Balaban J connectivity index is 1.98. The first-order chi connectivity index (χ1) is 12.9. The summed E-state index contributed by atoms with van der Waals surface area (Å²) in [6.45, 7) is -1.33. The summed E-state index contributed by atoms with van der Waals surface area (Å²) < 4.78 is 41.7. The lowest BCUT2D eigenvalue weighted by atomic mass is 10.2. The smallest absolute Gasteiger partial charge is 0.422 e. The number of hydrogen-bond acceptors (Lipinski definition) is 4. The van der Waals surface area contributed by atoms with Crippen LogP contribution in [0.25, 0.3) is 0 Å². The second-order valence-electron chi connectivity index (χ2n) is 5.66. The third-order valence-corrected chi connectivity index (χ3v) is 3.53. The lowest BCUT2D eigenvalue weighted by Gasteiger charge is -2.22. The summed E-state index contributed by atoms with van der Waals surface area (Å²) in [5, 5.41) is 11.8. The number of aromatic nitrogens is 1. The molecule has 9 heteroatoms. The third-order valence-electron chi connectivity index (χ3n) is 3.53. The molecule has 0 unspecified atom stereocenters. The number of carbonyl (C=O) groups excluding carboxylic acids is 1. The highest BCUT2D eigenvalue weighted by molar-refractivity contribution is 5.74. The van der Waals surface area contributed by atoms with Crippen LogP contribution in [0.1, 0.15) is 11.1 Å². The molecule has 0 bridgehead atoms. The van der Waals surface area contributed by atoms with Crippen LogP contribution in [-0.2, 0) is 13.1 Å². The second-order valence-corrected chi connectivity index (χ2v) is 5.66. The van der Waals surface area contributed by atoms with Gasteiger partial charge in [-0.3, -0.25) is 0 Å². The summed E-state index contributed by atoms with van der Waals surface area (Å²) in [4.78, 5) is 17.6. The van der Waals surface area contributed by atoms with Crippen LogP contribution in [0.15, 0.2) is 48.7 Å². The molecule has 1 heterocycles. The molecule has 1 aromatic carbocycles. The van der Waals surface area contributed by atoms with E-state index in [0.717, 1.165) is 5.56 Å². The Morgan fingerprint density at radius 3 is 2.59 bits per heavy atom. The number of carbonyl (C=O) groups is 1. The third kappa shape index (κ3) is 7.14. The molecule has 0 atom stereocenters. The number of alkyl halides is 3. The van der Waals surface area contributed by atoms with Gasteiger partial charge in [-0.15, -0.1) is 0 Å². The van der Waals surface area contributed by atoms with E-state index in [1.807, 2.05) is 30.3 Å². The van der Waals surface area contributed by atoms with Crippen molar-refractivity contribution in [1.29, 1.82) is 0 Å². The minimum atomic E-state index is -4.48. The van der Waals surface area contributed by atoms with Crippen LogP contribution in [0.3, 0.4) is 0 Å². The maximum atomic E-state index is 12.4. The van der Waals surface area contributed by atoms with Crippen LogP contribution in [0.4, 0.5) is 18.0 Å². The van der Waals surface area contributed by atoms with E-state index in [2.05, 4.69) is 10.3 Å². The molecule has 0 saturated heterocycles. The number of hydrogen-bond donors (Lipinski definition) is 2. The fourth-order valence-corrected chi connectivity index (χ4v) is 2.30. The van der Waals surface area contributed by atoms with Crippen LogP contribution < -0.4 is 10.1 Å². The molecule has 0 spiro atoms. The van der Waals surface area contributed by atoms with E-state index in [-0.39, 0.29) is 32.1 Å². The zero-order chi connectivity index (χ0) is 19.7. The number of benzene rings is 1. The van der Waals surface area contributed by atoms with Gasteiger partial charge >= 0.3 is 12.2 Å². The molecule has 1 aromatic heterocycles. The van der Waals surface area contributed by atoms with E-state index in [9.17, 15) is 23.1 Å². The predicted molar refractivity (Wildman–Crippen MR) is 92.0 cm³/mol. The summed E-state index contributed by atoms with van der Waals surface area (Å²) in [5.74, 6) is -0.188. The molecule has 146 valence electrons. The van der Waals surface area contributed by atoms with Gasteiger partial charge in [0.15, 0.2) is 6.61 Å². The van der Waals surface area contributed by atoms with E-state index in [4.69, 9.17) is 4.74 Å². The maximum absolute atomic E-state index is 12.4. The standard InChI is InChI=1S/C18H20F3N3O3/c19-18(20,21)13-27-16-15(7-4-8-22-16)11-23-17(26)24(9-10-25)12-14-5-2-1-3-6-14/h1-8,25H,9-13H2,(H,23,26). The van der Waals surface area contributed by atoms with Crippen molar-refractivity contribution in [2.75, 3.05) is 19.8 Å². The first-order valence-corrected chi connectivity index (χ1v) is 8.20. The lowest BCUT2D eigenvalue weighted by molar-refractivity contribution is -0.154. The Labute approximate surface area is 154 Å². The Hall–Kier alpha value is -2.81. The quantitative estimate of drug-likeness (QED) is 0.735. The van der Waals surface area contributed by atoms with Gasteiger partial charge in [0, 0.05) is 31.4 Å². The van der Waals surface area contributed by atoms with Gasteiger partial charge in [0.25, 0.3) is 0 Å². The highest BCUT2D eigenvalue weighted by atomic mass is 19.4. The highest BCUT2D eigenvalue weighted by Gasteiger charge is 2.29. The topological polar surface area (TPSA) is 74.7 Å². The summed E-state index contributed by atoms with van der Waals surface area (Å²) in [7, 11) is 0. The number of halogens is 3. The number of nitrogens with zero attached hydrogens (tertiary/aromatic N) is 2. The first-order valence-electron chi connectivity index (χ1n) is 8.20. The highest BCUT2D eigenvalue weighted by Crippen LogP contribution is 2.20. The number of rotatable bonds is 8. The van der Waals surface area contributed by atoms with Crippen LogP contribution in [-0.4, -0.2) is 47.0 Å². The SMILES string of the molecule is O=C(NCc1cccnc1OCC(F)(F)F)N(CCO)Cc1ccccc1. The number of amides is 2. The fraction of sp³-hybridized carbons (Fsp3) is 0.333. The Morgan fingerprint density at radius 2 is 1.93 bits per heavy atom. The summed E-state index contributed by atoms with van der Waals surface area (Å²) in [6, 6.07) is 11.8. The molecule has 0 saturated carbocycles. The van der Waals surface area contributed by atoms with Crippen LogP contribution in [0, 0.1) is 0 Å². The van der Waals surface area contributed by atoms with Gasteiger partial charge in [0.05, 0.1) is 6.61 Å². The normalized spacial score (nSPS) is 11.1. The van der Waals surface area contributed by atoms with Crippen molar-refractivity contribution in [1.82, 2.24) is 15.2 Å². The van der Waals surface area contributed by atoms with E-state index in [1.165, 1.54) is 23.2 Å². The van der Waals surface area contributed by atoms with Crippen molar-refractivity contribution in [2.45, 2.75) is 19.3 Å². The molecule has 0 aliphatic carbocycles. The molecule has 0 aliphatic heterocycles. The average molecular weight is 383 g/mol. The molecule has 0 aliphatic rings. The average Bonchev–Trinajstić information content (AvgIpc) is 2.65. The molecule has 0 fully saturated rings. The summed E-state index contributed by atoms with van der Waals surface area (Å²) in [6.07, 6.45) is -3.17. The van der Waals surface area contributed by atoms with Crippen LogP contribution >= 0.6 is 0 Å². The van der Waals surface area contributed by atoms with Gasteiger partial charge in [-0.05, 0) is 11.6 Å². The fourth-order valence-electron chi connectivity index (χ4n) is 2.30. The number of urea groups is 1. The second kappa shape index (κ2) is 9.77. The van der Waals surface area contributed by atoms with Crippen molar-refractivity contribution >= 4 is 6.03 Å². The lowest BCUT2D eigenvalue weighted by Crippen LogP contribution is -2.40. The van der Waals surface area contributed by atoms with Crippen molar-refractivity contribution in [3.8, 4) is 5.88 Å². The molecule has 27 heavy (non-hydrogen) atoms. The monoisotopic (exact) mass is 383 g/mol. The minimum absolute atomic E-state index is 0.0589. The number of aliphatic hydroxyl groups excluding tert-OH is 1. The Morgan fingerprint density at radius 1 is 1.19 bits per heavy atom. The van der Waals surface area contributed by atoms with Gasteiger partial charge in [0.1, 0.15) is 0 Å². The zero-order valence-corrected chi connectivity index (χ0v) is 14.4. The van der Waals surface area contributed by atoms with Crippen molar-refractivity contribution in [3.05, 3.63) is 59.8 Å². The van der Waals surface area contributed by atoms with Crippen LogP contribution in [0.2, 0.25) is 0 Å². The van der Waals surface area contributed by atoms with Gasteiger partial charge in [-0.25, -0.2) is 9.78 Å². The van der Waals surface area contributed by atoms with E-state index in [0.29, 0.717) is 5.56 Å². The number of pyridine rings is 1. The molecule has 0 radical (unpaired) electrons. The number of aliphatic hydroxyl groups is 1. The van der Waals surface area contributed by atoms with Gasteiger partial charge in [-0.1, -0.05) is 36.4 Å². The molecule has 6 nitrogen and oxygen atoms in total. The van der Waals surface area contributed by atoms with Gasteiger partial charge in [0.2, 0.25) is 5.88 Å². The van der Waals surface area contributed by atoms with Crippen molar-refractivity contribution < 1.29 is 27.8 Å². The predicted octanol–water partition coefficient (Wildman–Crippen LogP) is 2.73. The largest absolute Gasteiger partial charge is 0.468 e. The zero-order valence-electron chi connectivity index (χ0n) is 14.4. The van der Waals surface area contributed by atoms with Crippen molar-refractivity contribution in [2.24, 2.45) is 0 Å². The maximum Gasteiger partial charge on any atom is 0.422 e. The van der Waals surface area contributed by atoms with E-state index in [1.54, 1.807) is 0 Å². The van der Waals surface area contributed by atoms with Crippen molar-refractivity contribution in [3.63, 3.8) is 0 Å². The molecule has 2 amide bonds. The minimum Gasteiger partial charge on any atom is -0.468 e. The molecular weight excluding hydrogens is 363 g/mol. The van der Waals surface area contributed by atoms with Gasteiger partial charge < -0.3 is 20.1 Å². The molecule has 2 aromatic rings. The van der Waals surface area contributed by atoms with Gasteiger partial charge in [-0.2, -0.15) is 13.2 Å².